The van der Waals surface area contributed by atoms with Crippen LogP contribution in [0.5, 0.6) is 5.75 Å². The van der Waals surface area contributed by atoms with E-state index in [1.54, 1.807) is 19.2 Å². The maximum absolute atomic E-state index is 13.5. The highest BCUT2D eigenvalue weighted by molar-refractivity contribution is 8.14. The molecule has 0 unspecified atom stereocenters. The molecule has 1 heterocycles. The van der Waals surface area contributed by atoms with E-state index < -0.39 is 0 Å². The molecule has 7 heteroatoms. The number of hydrogen-bond acceptors (Lipinski definition) is 5. The van der Waals surface area contributed by atoms with Gasteiger partial charge in [0.05, 0.1) is 35.0 Å². The second-order valence-corrected chi connectivity index (χ2v) is 9.14. The highest BCUT2D eigenvalue weighted by atomic mass is 32.2. The molecule has 0 aliphatic carbocycles. The summed E-state index contributed by atoms with van der Waals surface area (Å²) in [5.41, 5.74) is 6.41. The van der Waals surface area contributed by atoms with E-state index in [0.717, 1.165) is 50.1 Å². The molecule has 3 aromatic rings. The summed E-state index contributed by atoms with van der Waals surface area (Å²) in [5, 5.41) is 3.74. The highest BCUT2D eigenvalue weighted by Crippen LogP contribution is 2.36. The maximum atomic E-state index is 13.5. The number of aryl methyl sites for hydroxylation is 2. The third-order valence-corrected chi connectivity index (χ3v) is 6.56. The van der Waals surface area contributed by atoms with Gasteiger partial charge in [0, 0.05) is 13.0 Å². The fourth-order valence-corrected chi connectivity index (χ4v) is 4.34. The molecule has 34 heavy (non-hydrogen) atoms. The normalized spacial score (nSPS) is 12.8. The van der Waals surface area contributed by atoms with Crippen molar-refractivity contribution in [3.63, 3.8) is 0 Å². The number of benzene rings is 3. The first-order valence-electron chi connectivity index (χ1n) is 11.0. The van der Waals surface area contributed by atoms with Crippen molar-refractivity contribution in [2.45, 2.75) is 26.8 Å². The monoisotopic (exact) mass is 475 g/mol. The van der Waals surface area contributed by atoms with E-state index in [2.05, 4.69) is 5.32 Å². The Morgan fingerprint density at radius 1 is 1.03 bits per heavy atom. The quantitative estimate of drug-likeness (QED) is 0.472. The van der Waals surface area contributed by atoms with Crippen molar-refractivity contribution in [3.05, 3.63) is 88.7 Å². The second-order valence-electron chi connectivity index (χ2n) is 8.09. The Balaban J connectivity index is 1.50. The van der Waals surface area contributed by atoms with Crippen molar-refractivity contribution in [3.8, 4) is 5.75 Å². The number of carbonyl (C=O) groups is 1. The average Bonchev–Trinajstić information content (AvgIpc) is 3.01. The van der Waals surface area contributed by atoms with Gasteiger partial charge in [0.25, 0.3) is 0 Å². The largest absolute Gasteiger partial charge is 0.497 e. The van der Waals surface area contributed by atoms with Crippen LogP contribution in [0.2, 0.25) is 0 Å². The molecule has 0 spiro atoms. The average molecular weight is 476 g/mol. The van der Waals surface area contributed by atoms with E-state index in [9.17, 15) is 9.18 Å². The Morgan fingerprint density at radius 2 is 1.74 bits per heavy atom. The van der Waals surface area contributed by atoms with Gasteiger partial charge < -0.3 is 10.1 Å². The Labute approximate surface area is 203 Å². The summed E-state index contributed by atoms with van der Waals surface area (Å²) < 4.78 is 18.7. The van der Waals surface area contributed by atoms with Crippen LogP contribution in [0.15, 0.2) is 70.6 Å². The van der Waals surface area contributed by atoms with Crippen molar-refractivity contribution in [2.75, 3.05) is 12.9 Å². The van der Waals surface area contributed by atoms with Crippen LogP contribution in [0.4, 0.5) is 15.8 Å². The summed E-state index contributed by atoms with van der Waals surface area (Å²) in [6, 6.07) is 18.0. The van der Waals surface area contributed by atoms with Crippen LogP contribution in [0.25, 0.3) is 0 Å². The predicted octanol–water partition coefficient (Wildman–Crippen LogP) is 6.06. The van der Waals surface area contributed by atoms with E-state index in [1.807, 2.05) is 50.2 Å². The molecule has 1 amide bonds. The molecule has 1 aliphatic heterocycles. The van der Waals surface area contributed by atoms with Gasteiger partial charge in [-0.2, -0.15) is 0 Å². The number of nitrogens with one attached hydrogen (secondary N) is 1. The van der Waals surface area contributed by atoms with Crippen molar-refractivity contribution >= 4 is 39.8 Å². The van der Waals surface area contributed by atoms with E-state index in [0.29, 0.717) is 13.0 Å². The SMILES string of the molecule is COc1cccc(CNC(=O)CSC2=Nc3cc(C)c(C)cc3N=C(c3ccc(F)cc3)C2)c1. The minimum absolute atomic E-state index is 0.0830. The Hall–Kier alpha value is -3.45. The molecular weight excluding hydrogens is 449 g/mol. The minimum Gasteiger partial charge on any atom is -0.497 e. The van der Waals surface area contributed by atoms with Gasteiger partial charge in [-0.15, -0.1) is 11.8 Å². The third kappa shape index (κ3) is 5.91. The van der Waals surface area contributed by atoms with E-state index in [1.165, 1.54) is 23.9 Å². The van der Waals surface area contributed by atoms with Crippen molar-refractivity contribution in [1.29, 1.82) is 0 Å². The number of amides is 1. The van der Waals surface area contributed by atoms with Gasteiger partial charge in [-0.05, 0) is 72.5 Å². The van der Waals surface area contributed by atoms with Crippen molar-refractivity contribution < 1.29 is 13.9 Å². The lowest BCUT2D eigenvalue weighted by Gasteiger charge is -2.09. The molecule has 0 fully saturated rings. The van der Waals surface area contributed by atoms with Crippen molar-refractivity contribution in [1.82, 2.24) is 5.32 Å². The smallest absolute Gasteiger partial charge is 0.230 e. The third-order valence-electron chi connectivity index (χ3n) is 5.58. The van der Waals surface area contributed by atoms with Gasteiger partial charge in [-0.3, -0.25) is 9.79 Å². The molecule has 4 rings (SSSR count). The van der Waals surface area contributed by atoms with Gasteiger partial charge in [0.15, 0.2) is 0 Å². The molecule has 0 bridgehead atoms. The molecule has 1 aliphatic rings. The Kier molecular flexibility index (Phi) is 7.43. The van der Waals surface area contributed by atoms with Crippen LogP contribution in [0, 0.1) is 19.7 Å². The molecule has 0 aromatic heterocycles. The lowest BCUT2D eigenvalue weighted by molar-refractivity contribution is -0.118. The summed E-state index contributed by atoms with van der Waals surface area (Å²) in [7, 11) is 1.62. The number of nitrogens with zero attached hydrogens (tertiary/aromatic N) is 2. The molecule has 3 aromatic carbocycles. The van der Waals surface area contributed by atoms with E-state index in [4.69, 9.17) is 14.7 Å². The number of thioether (sulfide) groups is 1. The predicted molar refractivity (Wildman–Crippen MR) is 138 cm³/mol. The van der Waals surface area contributed by atoms with Gasteiger partial charge in [0.1, 0.15) is 11.6 Å². The van der Waals surface area contributed by atoms with Gasteiger partial charge >= 0.3 is 0 Å². The molecule has 5 nitrogen and oxygen atoms in total. The van der Waals surface area contributed by atoms with Gasteiger partial charge in [-0.1, -0.05) is 24.3 Å². The molecule has 0 saturated heterocycles. The molecule has 1 N–H and O–H groups in total. The molecule has 0 atom stereocenters. The first-order valence-corrected chi connectivity index (χ1v) is 11.9. The van der Waals surface area contributed by atoms with Crippen LogP contribution >= 0.6 is 11.8 Å². The lowest BCUT2D eigenvalue weighted by Crippen LogP contribution is -2.25. The fourth-order valence-electron chi connectivity index (χ4n) is 3.54. The first kappa shape index (κ1) is 23.7. The number of rotatable bonds is 6. The standard InChI is InChI=1S/C27H26FN3O2S/c1-17-11-24-25(12-18(17)2)31-27(14-23(30-24)20-7-9-21(28)10-8-20)34-16-26(32)29-15-19-5-4-6-22(13-19)33-3/h4-13H,14-16H2,1-3H3,(H,29,32). The Bertz CT molecular complexity index is 1270. The Morgan fingerprint density at radius 3 is 2.44 bits per heavy atom. The van der Waals surface area contributed by atoms with E-state index in [-0.39, 0.29) is 17.5 Å². The van der Waals surface area contributed by atoms with Gasteiger partial charge in [0.2, 0.25) is 5.91 Å². The highest BCUT2D eigenvalue weighted by Gasteiger charge is 2.17. The number of ether oxygens (including phenoxy) is 1. The number of carbonyl (C=O) groups excluding carboxylic acids is 1. The molecule has 0 radical (unpaired) electrons. The number of halogens is 1. The summed E-state index contributed by atoms with van der Waals surface area (Å²) in [6.07, 6.45) is 0.465. The van der Waals surface area contributed by atoms with Crippen LogP contribution < -0.4 is 10.1 Å². The summed E-state index contributed by atoms with van der Waals surface area (Å²) in [6.45, 7) is 4.51. The van der Waals surface area contributed by atoms with Crippen molar-refractivity contribution in [2.24, 2.45) is 9.98 Å². The minimum atomic E-state index is -0.291. The van der Waals surface area contributed by atoms with Crippen LogP contribution in [-0.4, -0.2) is 29.5 Å². The maximum Gasteiger partial charge on any atom is 0.230 e. The van der Waals surface area contributed by atoms with Crippen LogP contribution in [0.1, 0.15) is 28.7 Å². The molecule has 0 saturated carbocycles. The van der Waals surface area contributed by atoms with Crippen LogP contribution in [0.3, 0.4) is 0 Å². The lowest BCUT2D eigenvalue weighted by atomic mass is 10.1. The number of hydrogen-bond donors (Lipinski definition) is 1. The van der Waals surface area contributed by atoms with Crippen LogP contribution in [-0.2, 0) is 11.3 Å². The fraction of sp³-hybridized carbons (Fsp3) is 0.222. The second kappa shape index (κ2) is 10.7. The number of methoxy groups -OCH3 is 1. The summed E-state index contributed by atoms with van der Waals surface area (Å²) >= 11 is 1.40. The van der Waals surface area contributed by atoms with E-state index >= 15 is 0 Å². The molecule has 174 valence electrons. The first-order chi connectivity index (χ1) is 16.4. The van der Waals surface area contributed by atoms with Gasteiger partial charge in [-0.25, -0.2) is 9.38 Å². The summed E-state index contributed by atoms with van der Waals surface area (Å²) in [5.74, 6) is 0.617. The molecular formula is C27H26FN3O2S. The number of aliphatic imine (C=N–C) groups is 2. The summed E-state index contributed by atoms with van der Waals surface area (Å²) in [4.78, 5) is 22.2. The zero-order chi connectivity index (χ0) is 24.1. The number of fused-ring (bicyclic) bond motifs is 1. The topological polar surface area (TPSA) is 63.0 Å². The zero-order valence-electron chi connectivity index (χ0n) is 19.4. The zero-order valence-corrected chi connectivity index (χ0v) is 20.2.